The van der Waals surface area contributed by atoms with Gasteiger partial charge >= 0.3 is 0 Å². The van der Waals surface area contributed by atoms with Crippen LogP contribution in [0.4, 0.5) is 0 Å². The molecule has 0 radical (unpaired) electrons. The second kappa shape index (κ2) is 7.36. The molecule has 0 aromatic rings. The number of carbonyl (C=O) groups excluding carboxylic acids is 2. The van der Waals surface area contributed by atoms with Crippen molar-refractivity contribution in [2.24, 2.45) is 11.3 Å². The fraction of sp³-hybridized carbons (Fsp3) is 0.684. The zero-order chi connectivity index (χ0) is 17.1. The van der Waals surface area contributed by atoms with Crippen LogP contribution in [-0.2, 0) is 9.59 Å². The molecule has 0 amide bonds. The SMILES string of the molecule is CCC1=C(CO)[C@](C)(CC)C(=O)C(C(=O)CCC(C)C)=C1C. The molecule has 1 rings (SSSR count). The highest BCUT2D eigenvalue weighted by atomic mass is 16.3. The maximum atomic E-state index is 13.0. The number of aliphatic hydroxyl groups is 1. The van der Waals surface area contributed by atoms with Gasteiger partial charge in [0.15, 0.2) is 11.6 Å². The molecule has 124 valence electrons. The molecule has 0 aromatic carbocycles. The van der Waals surface area contributed by atoms with Gasteiger partial charge in [-0.1, -0.05) is 27.7 Å². The average molecular weight is 306 g/mol. The molecule has 0 fully saturated rings. The average Bonchev–Trinajstić information content (AvgIpc) is 2.48. The van der Waals surface area contributed by atoms with Gasteiger partial charge in [0.1, 0.15) is 0 Å². The lowest BCUT2D eigenvalue weighted by Gasteiger charge is -2.37. The molecule has 0 saturated heterocycles. The molecule has 0 saturated carbocycles. The van der Waals surface area contributed by atoms with Crippen molar-refractivity contribution in [1.82, 2.24) is 0 Å². The van der Waals surface area contributed by atoms with Crippen LogP contribution in [0.5, 0.6) is 0 Å². The van der Waals surface area contributed by atoms with Gasteiger partial charge in [-0.05, 0) is 55.7 Å². The molecule has 1 N–H and O–H groups in total. The minimum absolute atomic E-state index is 0.0428. The number of Topliss-reactive ketones (excluding diaryl/α,β-unsaturated/α-hetero) is 2. The number of hydrogen-bond acceptors (Lipinski definition) is 3. The minimum Gasteiger partial charge on any atom is -0.392 e. The first-order valence-electron chi connectivity index (χ1n) is 8.37. The summed E-state index contributed by atoms with van der Waals surface area (Å²) in [4.78, 5) is 25.6. The van der Waals surface area contributed by atoms with Crippen molar-refractivity contribution in [3.63, 3.8) is 0 Å². The van der Waals surface area contributed by atoms with Crippen LogP contribution in [0.1, 0.15) is 67.2 Å². The molecule has 22 heavy (non-hydrogen) atoms. The number of allylic oxidation sites excluding steroid dienone is 3. The van der Waals surface area contributed by atoms with E-state index in [1.807, 2.05) is 27.7 Å². The molecule has 0 spiro atoms. The first-order valence-corrected chi connectivity index (χ1v) is 8.37. The van der Waals surface area contributed by atoms with Crippen molar-refractivity contribution in [2.75, 3.05) is 6.61 Å². The summed E-state index contributed by atoms with van der Waals surface area (Å²) in [6.45, 7) is 11.7. The summed E-state index contributed by atoms with van der Waals surface area (Å²) < 4.78 is 0. The van der Waals surface area contributed by atoms with Gasteiger partial charge in [-0.3, -0.25) is 9.59 Å². The van der Waals surface area contributed by atoms with Crippen molar-refractivity contribution in [3.05, 3.63) is 22.3 Å². The minimum atomic E-state index is -0.748. The molecule has 0 unspecified atom stereocenters. The Balaban J connectivity index is 3.39. The zero-order valence-corrected chi connectivity index (χ0v) is 14.9. The van der Waals surface area contributed by atoms with Crippen LogP contribution in [0.15, 0.2) is 22.3 Å². The number of aliphatic hydroxyl groups excluding tert-OH is 1. The summed E-state index contributed by atoms with van der Waals surface area (Å²) in [6, 6.07) is 0. The highest BCUT2D eigenvalue weighted by Gasteiger charge is 2.44. The summed E-state index contributed by atoms with van der Waals surface area (Å²) in [5.74, 6) is 0.289. The highest BCUT2D eigenvalue weighted by Crippen LogP contribution is 2.44. The highest BCUT2D eigenvalue weighted by molar-refractivity contribution is 6.24. The van der Waals surface area contributed by atoms with Gasteiger partial charge in [0.05, 0.1) is 17.6 Å². The van der Waals surface area contributed by atoms with Crippen molar-refractivity contribution in [1.29, 1.82) is 0 Å². The van der Waals surface area contributed by atoms with Crippen molar-refractivity contribution in [2.45, 2.75) is 67.2 Å². The monoisotopic (exact) mass is 306 g/mol. The molecule has 0 aromatic heterocycles. The van der Waals surface area contributed by atoms with E-state index < -0.39 is 5.41 Å². The molecular weight excluding hydrogens is 276 g/mol. The largest absolute Gasteiger partial charge is 0.392 e. The molecule has 1 aliphatic carbocycles. The third kappa shape index (κ3) is 3.24. The van der Waals surface area contributed by atoms with E-state index >= 15 is 0 Å². The van der Waals surface area contributed by atoms with E-state index in [1.54, 1.807) is 0 Å². The number of hydrogen-bond donors (Lipinski definition) is 1. The molecule has 1 aliphatic rings. The molecule has 0 bridgehead atoms. The lowest BCUT2D eigenvalue weighted by Crippen LogP contribution is -2.39. The van der Waals surface area contributed by atoms with Gasteiger partial charge in [0.2, 0.25) is 0 Å². The van der Waals surface area contributed by atoms with Gasteiger partial charge in [0.25, 0.3) is 0 Å². The lowest BCUT2D eigenvalue weighted by atomic mass is 9.65. The molecule has 0 aliphatic heterocycles. The van der Waals surface area contributed by atoms with Crippen LogP contribution in [0.25, 0.3) is 0 Å². The van der Waals surface area contributed by atoms with Crippen LogP contribution in [0.2, 0.25) is 0 Å². The fourth-order valence-electron chi connectivity index (χ4n) is 3.30. The summed E-state index contributed by atoms with van der Waals surface area (Å²) in [5, 5.41) is 9.78. The Morgan fingerprint density at radius 1 is 1.27 bits per heavy atom. The van der Waals surface area contributed by atoms with Gasteiger partial charge in [-0.25, -0.2) is 0 Å². The maximum absolute atomic E-state index is 13.0. The third-order valence-electron chi connectivity index (χ3n) is 5.03. The van der Waals surface area contributed by atoms with Crippen molar-refractivity contribution in [3.8, 4) is 0 Å². The van der Waals surface area contributed by atoms with E-state index in [2.05, 4.69) is 13.8 Å². The summed E-state index contributed by atoms with van der Waals surface area (Å²) in [6.07, 6.45) is 2.54. The standard InChI is InChI=1S/C19H30O3/c1-7-14-13(5)17(16(21)10-9-12(3)4)18(22)19(6,8-2)15(14)11-20/h12,20H,7-11H2,1-6H3/t19-/m0/s1. The molecule has 1 atom stereocenters. The second-order valence-corrected chi connectivity index (χ2v) is 6.84. The smallest absolute Gasteiger partial charge is 0.176 e. The summed E-state index contributed by atoms with van der Waals surface area (Å²) in [7, 11) is 0. The Morgan fingerprint density at radius 3 is 2.27 bits per heavy atom. The van der Waals surface area contributed by atoms with Gasteiger partial charge in [-0.2, -0.15) is 0 Å². The topological polar surface area (TPSA) is 54.4 Å². The van der Waals surface area contributed by atoms with Gasteiger partial charge < -0.3 is 5.11 Å². The third-order valence-corrected chi connectivity index (χ3v) is 5.03. The Bertz CT molecular complexity index is 523. The van der Waals surface area contributed by atoms with Crippen molar-refractivity contribution >= 4 is 11.6 Å². The lowest BCUT2D eigenvalue weighted by molar-refractivity contribution is -0.126. The van der Waals surface area contributed by atoms with E-state index in [9.17, 15) is 14.7 Å². The maximum Gasteiger partial charge on any atom is 0.176 e. The van der Waals surface area contributed by atoms with Crippen LogP contribution < -0.4 is 0 Å². The molecule has 0 heterocycles. The van der Waals surface area contributed by atoms with E-state index in [4.69, 9.17) is 0 Å². The quantitative estimate of drug-likeness (QED) is 0.723. The predicted octanol–water partition coefficient (Wildman–Crippen LogP) is 4.01. The first kappa shape index (κ1) is 18.8. The van der Waals surface area contributed by atoms with E-state index in [-0.39, 0.29) is 18.2 Å². The van der Waals surface area contributed by atoms with Crippen LogP contribution in [-0.4, -0.2) is 23.3 Å². The van der Waals surface area contributed by atoms with Crippen LogP contribution in [0, 0.1) is 11.3 Å². The Kier molecular flexibility index (Phi) is 6.30. The Labute approximate surface area is 134 Å². The van der Waals surface area contributed by atoms with Crippen LogP contribution >= 0.6 is 0 Å². The number of carbonyl (C=O) groups is 2. The van der Waals surface area contributed by atoms with E-state index in [0.29, 0.717) is 24.3 Å². The van der Waals surface area contributed by atoms with Gasteiger partial charge in [-0.15, -0.1) is 0 Å². The normalized spacial score (nSPS) is 22.8. The Hall–Kier alpha value is -1.22. The summed E-state index contributed by atoms with van der Waals surface area (Å²) >= 11 is 0. The molecule has 3 nitrogen and oxygen atoms in total. The molecule has 3 heteroatoms. The Morgan fingerprint density at radius 2 is 1.86 bits per heavy atom. The van der Waals surface area contributed by atoms with Crippen molar-refractivity contribution < 1.29 is 14.7 Å². The second-order valence-electron chi connectivity index (χ2n) is 6.84. The van der Waals surface area contributed by atoms with E-state index in [0.717, 1.165) is 29.6 Å². The fourth-order valence-corrected chi connectivity index (χ4v) is 3.30. The van der Waals surface area contributed by atoms with E-state index in [1.165, 1.54) is 0 Å². The van der Waals surface area contributed by atoms with Crippen LogP contribution in [0.3, 0.4) is 0 Å². The zero-order valence-electron chi connectivity index (χ0n) is 14.9. The predicted molar refractivity (Wildman–Crippen MR) is 89.6 cm³/mol. The molecular formula is C19H30O3. The number of ketones is 2. The van der Waals surface area contributed by atoms with Gasteiger partial charge in [0, 0.05) is 6.42 Å². The first-order chi connectivity index (χ1) is 10.2. The number of rotatable bonds is 7. The summed E-state index contributed by atoms with van der Waals surface area (Å²) in [5.41, 5.74) is 2.18.